The highest BCUT2D eigenvalue weighted by Gasteiger charge is 2.30. The molecule has 0 aliphatic heterocycles. The molecule has 2 N–H and O–H groups in total. The summed E-state index contributed by atoms with van der Waals surface area (Å²) >= 11 is 0. The monoisotopic (exact) mass is 222 g/mol. The lowest BCUT2D eigenvalue weighted by Crippen LogP contribution is -2.30. The van der Waals surface area contributed by atoms with Crippen LogP contribution in [0.5, 0.6) is 0 Å². The van der Waals surface area contributed by atoms with Crippen molar-refractivity contribution in [2.45, 2.75) is 32.4 Å². The lowest BCUT2D eigenvalue weighted by Gasteiger charge is -2.25. The molecule has 0 heterocycles. The quantitative estimate of drug-likeness (QED) is 0.793. The fourth-order valence-corrected chi connectivity index (χ4v) is 2.06. The Bertz CT molecular complexity index is 374. The van der Waals surface area contributed by atoms with E-state index in [2.05, 4.69) is 18.9 Å². The molecule has 3 heteroatoms. The van der Waals surface area contributed by atoms with Crippen LogP contribution in [0.25, 0.3) is 0 Å². The van der Waals surface area contributed by atoms with Crippen molar-refractivity contribution in [2.75, 3.05) is 12.8 Å². The van der Waals surface area contributed by atoms with E-state index in [0.717, 1.165) is 18.0 Å². The smallest absolute Gasteiger partial charge is 0.125 e. The van der Waals surface area contributed by atoms with Crippen molar-refractivity contribution < 1.29 is 4.39 Å². The largest absolute Gasteiger partial charge is 0.398 e. The molecule has 1 aromatic rings. The molecule has 16 heavy (non-hydrogen) atoms. The minimum Gasteiger partial charge on any atom is -0.398 e. The van der Waals surface area contributed by atoms with Crippen LogP contribution in [0.1, 0.15) is 25.3 Å². The van der Waals surface area contributed by atoms with Crippen molar-refractivity contribution in [1.29, 1.82) is 0 Å². The van der Waals surface area contributed by atoms with Crippen molar-refractivity contribution >= 4 is 5.69 Å². The fraction of sp³-hybridized carbons (Fsp3) is 0.538. The van der Waals surface area contributed by atoms with Crippen LogP contribution >= 0.6 is 0 Å². The van der Waals surface area contributed by atoms with Gasteiger partial charge in [0, 0.05) is 18.3 Å². The molecule has 1 aromatic carbocycles. The summed E-state index contributed by atoms with van der Waals surface area (Å²) in [6.07, 6.45) is 2.68. The molecule has 2 nitrogen and oxygen atoms in total. The summed E-state index contributed by atoms with van der Waals surface area (Å²) in [5, 5.41) is 0. The van der Waals surface area contributed by atoms with Gasteiger partial charge in [0.2, 0.25) is 0 Å². The van der Waals surface area contributed by atoms with Crippen LogP contribution in [-0.4, -0.2) is 18.0 Å². The number of nitrogens with zero attached hydrogens (tertiary/aromatic N) is 1. The first-order valence-corrected chi connectivity index (χ1v) is 5.82. The molecule has 1 fully saturated rings. The summed E-state index contributed by atoms with van der Waals surface area (Å²) in [4.78, 5) is 2.29. The normalized spacial score (nSPS) is 17.8. The number of benzene rings is 1. The Labute approximate surface area is 96.2 Å². The standard InChI is InChI=1S/C13H19FN2/c1-9(10-3-4-10)16(2)8-11-5-6-12(14)7-13(11)15/h5-7,9-10H,3-4,8,15H2,1-2H3. The SMILES string of the molecule is CC(C1CC1)N(C)Cc1ccc(F)cc1N. The Hall–Kier alpha value is -1.09. The van der Waals surface area contributed by atoms with Crippen molar-refractivity contribution in [3.05, 3.63) is 29.6 Å². The van der Waals surface area contributed by atoms with E-state index >= 15 is 0 Å². The number of hydrogen-bond acceptors (Lipinski definition) is 2. The molecule has 1 atom stereocenters. The first-order chi connectivity index (χ1) is 7.58. The van der Waals surface area contributed by atoms with Gasteiger partial charge in [0.05, 0.1) is 0 Å². The predicted molar refractivity (Wildman–Crippen MR) is 64.5 cm³/mol. The van der Waals surface area contributed by atoms with Crippen molar-refractivity contribution in [3.63, 3.8) is 0 Å². The van der Waals surface area contributed by atoms with Gasteiger partial charge in [0.15, 0.2) is 0 Å². The van der Waals surface area contributed by atoms with E-state index in [1.54, 1.807) is 6.07 Å². The van der Waals surface area contributed by atoms with E-state index in [-0.39, 0.29) is 5.82 Å². The number of rotatable bonds is 4. The van der Waals surface area contributed by atoms with E-state index in [1.807, 2.05) is 0 Å². The van der Waals surface area contributed by atoms with Gasteiger partial charge in [-0.25, -0.2) is 4.39 Å². The van der Waals surface area contributed by atoms with Crippen LogP contribution in [0, 0.1) is 11.7 Å². The highest BCUT2D eigenvalue weighted by molar-refractivity contribution is 5.46. The highest BCUT2D eigenvalue weighted by atomic mass is 19.1. The Morgan fingerprint density at radius 2 is 2.19 bits per heavy atom. The van der Waals surface area contributed by atoms with E-state index < -0.39 is 0 Å². The molecule has 0 saturated heterocycles. The molecule has 0 amide bonds. The third-order valence-corrected chi connectivity index (χ3v) is 3.53. The first kappa shape index (κ1) is 11.4. The molecule has 1 aliphatic carbocycles. The maximum Gasteiger partial charge on any atom is 0.125 e. The molecular weight excluding hydrogens is 203 g/mol. The van der Waals surface area contributed by atoms with Crippen molar-refractivity contribution in [1.82, 2.24) is 4.90 Å². The lowest BCUT2D eigenvalue weighted by molar-refractivity contribution is 0.227. The molecule has 2 rings (SSSR count). The summed E-state index contributed by atoms with van der Waals surface area (Å²) in [5.41, 5.74) is 7.36. The van der Waals surface area contributed by atoms with Gasteiger partial charge < -0.3 is 5.73 Å². The van der Waals surface area contributed by atoms with Crippen LogP contribution in [0.4, 0.5) is 10.1 Å². The average Bonchev–Trinajstić information content (AvgIpc) is 3.04. The Morgan fingerprint density at radius 3 is 2.75 bits per heavy atom. The molecule has 0 spiro atoms. The summed E-state index contributed by atoms with van der Waals surface area (Å²) in [5.74, 6) is 0.575. The number of nitrogen functional groups attached to an aromatic ring is 1. The van der Waals surface area contributed by atoms with Crippen LogP contribution in [0.3, 0.4) is 0 Å². The van der Waals surface area contributed by atoms with Crippen LogP contribution < -0.4 is 5.73 Å². The van der Waals surface area contributed by atoms with E-state index in [4.69, 9.17) is 5.73 Å². The van der Waals surface area contributed by atoms with Gasteiger partial charge in [-0.05, 0) is 50.4 Å². The Kier molecular flexibility index (Phi) is 3.15. The molecule has 0 radical (unpaired) electrons. The van der Waals surface area contributed by atoms with E-state index in [0.29, 0.717) is 11.7 Å². The second kappa shape index (κ2) is 4.42. The topological polar surface area (TPSA) is 29.3 Å². The predicted octanol–water partition coefficient (Wildman–Crippen LogP) is 2.64. The molecule has 88 valence electrons. The van der Waals surface area contributed by atoms with Crippen molar-refractivity contribution in [2.24, 2.45) is 5.92 Å². The fourth-order valence-electron chi connectivity index (χ4n) is 2.06. The van der Waals surface area contributed by atoms with Gasteiger partial charge in [0.25, 0.3) is 0 Å². The minimum atomic E-state index is -0.265. The van der Waals surface area contributed by atoms with Crippen molar-refractivity contribution in [3.8, 4) is 0 Å². The van der Waals surface area contributed by atoms with Crippen LogP contribution in [-0.2, 0) is 6.54 Å². The number of halogens is 1. The van der Waals surface area contributed by atoms with Crippen LogP contribution in [0.15, 0.2) is 18.2 Å². The second-order valence-corrected chi connectivity index (χ2v) is 4.84. The van der Waals surface area contributed by atoms with Gasteiger partial charge in [-0.3, -0.25) is 4.90 Å². The van der Waals surface area contributed by atoms with Crippen LogP contribution in [0.2, 0.25) is 0 Å². The third-order valence-electron chi connectivity index (χ3n) is 3.53. The molecule has 0 aromatic heterocycles. The summed E-state index contributed by atoms with van der Waals surface area (Å²) in [6, 6.07) is 5.23. The molecular formula is C13H19FN2. The number of anilines is 1. The number of hydrogen-bond donors (Lipinski definition) is 1. The second-order valence-electron chi connectivity index (χ2n) is 4.84. The Morgan fingerprint density at radius 1 is 1.50 bits per heavy atom. The van der Waals surface area contributed by atoms with E-state index in [1.165, 1.54) is 25.0 Å². The number of nitrogens with two attached hydrogens (primary N) is 1. The van der Waals surface area contributed by atoms with E-state index in [9.17, 15) is 4.39 Å². The van der Waals surface area contributed by atoms with Gasteiger partial charge >= 0.3 is 0 Å². The lowest BCUT2D eigenvalue weighted by atomic mass is 10.1. The zero-order chi connectivity index (χ0) is 11.7. The zero-order valence-electron chi connectivity index (χ0n) is 9.91. The summed E-state index contributed by atoms with van der Waals surface area (Å²) < 4.78 is 12.9. The summed E-state index contributed by atoms with van der Waals surface area (Å²) in [7, 11) is 2.10. The van der Waals surface area contributed by atoms with Gasteiger partial charge in [-0.15, -0.1) is 0 Å². The Balaban J connectivity index is 2.02. The highest BCUT2D eigenvalue weighted by Crippen LogP contribution is 2.35. The first-order valence-electron chi connectivity index (χ1n) is 5.82. The molecule has 1 unspecified atom stereocenters. The molecule has 1 aliphatic rings. The molecule has 0 bridgehead atoms. The average molecular weight is 222 g/mol. The molecule has 1 saturated carbocycles. The maximum absolute atomic E-state index is 12.9. The zero-order valence-corrected chi connectivity index (χ0v) is 9.91. The minimum absolute atomic E-state index is 0.265. The third kappa shape index (κ3) is 2.53. The van der Waals surface area contributed by atoms with Gasteiger partial charge in [-0.1, -0.05) is 6.07 Å². The van der Waals surface area contributed by atoms with Gasteiger partial charge in [0.1, 0.15) is 5.82 Å². The summed E-state index contributed by atoms with van der Waals surface area (Å²) in [6.45, 7) is 3.04. The maximum atomic E-state index is 12.9. The van der Waals surface area contributed by atoms with Gasteiger partial charge in [-0.2, -0.15) is 0 Å².